The van der Waals surface area contributed by atoms with E-state index < -0.39 is 0 Å². The van der Waals surface area contributed by atoms with E-state index in [1.807, 2.05) is 13.0 Å². The third-order valence-electron chi connectivity index (χ3n) is 3.50. The predicted octanol–water partition coefficient (Wildman–Crippen LogP) is 4.91. The van der Waals surface area contributed by atoms with Crippen molar-refractivity contribution < 1.29 is 9.32 Å². The van der Waals surface area contributed by atoms with Gasteiger partial charge in [-0.05, 0) is 36.8 Å². The number of carbonyl (C=O) groups excluding carboxylic acids is 1. The van der Waals surface area contributed by atoms with E-state index in [2.05, 4.69) is 15.5 Å². The minimum atomic E-state index is -0.219. The highest BCUT2D eigenvalue weighted by atomic mass is 35.5. The van der Waals surface area contributed by atoms with Crippen molar-refractivity contribution in [1.29, 1.82) is 0 Å². The first-order chi connectivity index (χ1) is 12.5. The standard InChI is InChI=1S/C18H15Cl2N3O2S/c1-11-7-14(23-25-11)10-26-18-15(3-2-6-21-18)17(24)22-9-12-4-5-13(19)8-16(12)20/h2-8H,9-10H2,1H3,(H,22,24). The van der Waals surface area contributed by atoms with Crippen LogP contribution in [0.1, 0.15) is 27.4 Å². The molecule has 8 heteroatoms. The monoisotopic (exact) mass is 407 g/mol. The molecule has 3 aromatic rings. The van der Waals surface area contributed by atoms with Crippen LogP contribution in [0.15, 0.2) is 52.1 Å². The fourth-order valence-electron chi connectivity index (χ4n) is 2.24. The minimum Gasteiger partial charge on any atom is -0.361 e. The van der Waals surface area contributed by atoms with Crippen LogP contribution >= 0.6 is 35.0 Å². The summed E-state index contributed by atoms with van der Waals surface area (Å²) in [6, 6.07) is 10.5. The average Bonchev–Trinajstić information content (AvgIpc) is 3.04. The Morgan fingerprint density at radius 3 is 2.85 bits per heavy atom. The Labute approximate surface area is 165 Å². The van der Waals surface area contributed by atoms with Crippen molar-refractivity contribution in [2.75, 3.05) is 0 Å². The first-order valence-corrected chi connectivity index (χ1v) is 9.49. The summed E-state index contributed by atoms with van der Waals surface area (Å²) in [5.74, 6) is 1.10. The van der Waals surface area contributed by atoms with Crippen molar-refractivity contribution >= 4 is 40.9 Å². The van der Waals surface area contributed by atoms with Gasteiger partial charge in [-0.2, -0.15) is 0 Å². The number of rotatable bonds is 6. The number of nitrogens with zero attached hydrogens (tertiary/aromatic N) is 2. The quantitative estimate of drug-likeness (QED) is 0.588. The number of carbonyl (C=O) groups is 1. The highest BCUT2D eigenvalue weighted by Gasteiger charge is 2.14. The van der Waals surface area contributed by atoms with E-state index in [0.717, 1.165) is 17.0 Å². The first kappa shape index (κ1) is 18.8. The average molecular weight is 408 g/mol. The maximum atomic E-state index is 12.6. The molecule has 26 heavy (non-hydrogen) atoms. The van der Waals surface area contributed by atoms with Crippen LogP contribution in [0.2, 0.25) is 10.0 Å². The maximum absolute atomic E-state index is 12.6. The SMILES string of the molecule is Cc1cc(CSc2ncccc2C(=O)NCc2ccc(Cl)cc2Cl)no1. The van der Waals surface area contributed by atoms with Crippen LogP contribution in [0.4, 0.5) is 0 Å². The van der Waals surface area contributed by atoms with Gasteiger partial charge in [0.25, 0.3) is 5.91 Å². The molecule has 0 saturated heterocycles. The number of pyridine rings is 1. The number of aryl methyl sites for hydroxylation is 1. The lowest BCUT2D eigenvalue weighted by molar-refractivity contribution is 0.0947. The molecule has 0 spiro atoms. The molecule has 2 heterocycles. The summed E-state index contributed by atoms with van der Waals surface area (Å²) >= 11 is 13.5. The Balaban J connectivity index is 1.67. The summed E-state index contributed by atoms with van der Waals surface area (Å²) in [6.45, 7) is 2.14. The normalized spacial score (nSPS) is 10.7. The first-order valence-electron chi connectivity index (χ1n) is 7.75. The third-order valence-corrected chi connectivity index (χ3v) is 5.13. The second kappa shape index (κ2) is 8.58. The smallest absolute Gasteiger partial charge is 0.254 e. The number of nitrogens with one attached hydrogen (secondary N) is 1. The van der Waals surface area contributed by atoms with Gasteiger partial charge in [-0.1, -0.05) is 46.2 Å². The topological polar surface area (TPSA) is 68.0 Å². The minimum absolute atomic E-state index is 0.219. The van der Waals surface area contributed by atoms with Crippen molar-refractivity contribution in [3.05, 3.63) is 75.2 Å². The summed E-state index contributed by atoms with van der Waals surface area (Å²) in [7, 11) is 0. The summed E-state index contributed by atoms with van der Waals surface area (Å²) in [5, 5.41) is 8.51. The van der Waals surface area contributed by atoms with Gasteiger partial charge in [-0.3, -0.25) is 4.79 Å². The lowest BCUT2D eigenvalue weighted by Gasteiger charge is -2.10. The molecule has 1 N–H and O–H groups in total. The molecule has 0 aliphatic rings. The van der Waals surface area contributed by atoms with Crippen molar-refractivity contribution in [2.45, 2.75) is 24.2 Å². The van der Waals surface area contributed by atoms with E-state index in [1.165, 1.54) is 11.8 Å². The molecule has 0 bridgehead atoms. The van der Waals surface area contributed by atoms with E-state index in [4.69, 9.17) is 27.7 Å². The van der Waals surface area contributed by atoms with Gasteiger partial charge in [-0.15, -0.1) is 0 Å². The lowest BCUT2D eigenvalue weighted by Crippen LogP contribution is -2.23. The number of aromatic nitrogens is 2. The lowest BCUT2D eigenvalue weighted by atomic mass is 10.2. The molecule has 5 nitrogen and oxygen atoms in total. The molecule has 0 fully saturated rings. The van der Waals surface area contributed by atoms with Crippen LogP contribution in [0.25, 0.3) is 0 Å². The zero-order chi connectivity index (χ0) is 18.5. The summed E-state index contributed by atoms with van der Waals surface area (Å²) < 4.78 is 5.05. The zero-order valence-electron chi connectivity index (χ0n) is 13.8. The van der Waals surface area contributed by atoms with Crippen LogP contribution in [0, 0.1) is 6.92 Å². The van der Waals surface area contributed by atoms with E-state index in [1.54, 1.807) is 36.5 Å². The highest BCUT2D eigenvalue weighted by Crippen LogP contribution is 2.25. The second-order valence-corrected chi connectivity index (χ2v) is 7.30. The summed E-state index contributed by atoms with van der Waals surface area (Å²) in [4.78, 5) is 16.9. The van der Waals surface area contributed by atoms with Crippen molar-refractivity contribution in [3.63, 3.8) is 0 Å². The number of hydrogen-bond acceptors (Lipinski definition) is 5. The molecule has 1 aromatic carbocycles. The zero-order valence-corrected chi connectivity index (χ0v) is 16.2. The fourth-order valence-corrected chi connectivity index (χ4v) is 3.59. The molecular weight excluding hydrogens is 393 g/mol. The van der Waals surface area contributed by atoms with Gasteiger partial charge >= 0.3 is 0 Å². The molecule has 0 atom stereocenters. The molecule has 0 saturated carbocycles. The van der Waals surface area contributed by atoms with Crippen LogP contribution in [0.5, 0.6) is 0 Å². The van der Waals surface area contributed by atoms with Crippen LogP contribution in [-0.4, -0.2) is 16.0 Å². The predicted molar refractivity (Wildman–Crippen MR) is 103 cm³/mol. The second-order valence-electron chi connectivity index (χ2n) is 5.49. The third kappa shape index (κ3) is 4.78. The number of amides is 1. The molecule has 134 valence electrons. The van der Waals surface area contributed by atoms with E-state index in [9.17, 15) is 4.79 Å². The molecule has 3 rings (SSSR count). The highest BCUT2D eigenvalue weighted by molar-refractivity contribution is 7.98. The van der Waals surface area contributed by atoms with E-state index >= 15 is 0 Å². The largest absolute Gasteiger partial charge is 0.361 e. The van der Waals surface area contributed by atoms with Crippen molar-refractivity contribution in [3.8, 4) is 0 Å². The van der Waals surface area contributed by atoms with Crippen molar-refractivity contribution in [1.82, 2.24) is 15.5 Å². The summed E-state index contributed by atoms with van der Waals surface area (Å²) in [6.07, 6.45) is 1.66. The van der Waals surface area contributed by atoms with E-state index in [0.29, 0.717) is 32.9 Å². The molecule has 0 unspecified atom stereocenters. The van der Waals surface area contributed by atoms with Gasteiger partial charge < -0.3 is 9.84 Å². The molecular formula is C18H15Cl2N3O2S. The molecule has 2 aromatic heterocycles. The van der Waals surface area contributed by atoms with Crippen LogP contribution < -0.4 is 5.32 Å². The van der Waals surface area contributed by atoms with E-state index in [-0.39, 0.29) is 5.91 Å². The maximum Gasteiger partial charge on any atom is 0.254 e. The Bertz CT molecular complexity index is 930. The van der Waals surface area contributed by atoms with Gasteiger partial charge in [-0.25, -0.2) is 4.98 Å². The molecule has 1 amide bonds. The number of hydrogen-bond donors (Lipinski definition) is 1. The van der Waals surface area contributed by atoms with Crippen LogP contribution in [-0.2, 0) is 12.3 Å². The Hall–Kier alpha value is -2.02. The molecule has 0 aliphatic heterocycles. The number of thioether (sulfide) groups is 1. The van der Waals surface area contributed by atoms with Gasteiger partial charge in [0.1, 0.15) is 10.8 Å². The Morgan fingerprint density at radius 2 is 2.12 bits per heavy atom. The Morgan fingerprint density at radius 1 is 1.27 bits per heavy atom. The van der Waals surface area contributed by atoms with Crippen molar-refractivity contribution in [2.24, 2.45) is 0 Å². The van der Waals surface area contributed by atoms with Gasteiger partial charge in [0, 0.05) is 34.6 Å². The molecule has 0 aliphatic carbocycles. The number of benzene rings is 1. The van der Waals surface area contributed by atoms with Gasteiger partial charge in [0.15, 0.2) is 0 Å². The number of halogens is 2. The Kier molecular flexibility index (Phi) is 6.19. The summed E-state index contributed by atoms with van der Waals surface area (Å²) in [5.41, 5.74) is 2.10. The van der Waals surface area contributed by atoms with Gasteiger partial charge in [0.05, 0.1) is 11.3 Å². The van der Waals surface area contributed by atoms with Crippen LogP contribution in [0.3, 0.4) is 0 Å². The van der Waals surface area contributed by atoms with Gasteiger partial charge in [0.2, 0.25) is 0 Å². The fraction of sp³-hybridized carbons (Fsp3) is 0.167. The molecule has 0 radical (unpaired) electrons.